The normalized spacial score (nSPS) is 10.5. The van der Waals surface area contributed by atoms with Crippen molar-refractivity contribution >= 4 is 51.8 Å². The lowest BCUT2D eigenvalue weighted by atomic mass is 10.3. The van der Waals surface area contributed by atoms with Crippen molar-refractivity contribution in [3.63, 3.8) is 0 Å². The number of amides is 2. The first kappa shape index (κ1) is 15.0. The minimum absolute atomic E-state index is 0.367. The third-order valence-corrected chi connectivity index (χ3v) is 3.37. The van der Waals surface area contributed by atoms with Crippen molar-refractivity contribution in [3.8, 4) is 0 Å². The lowest BCUT2D eigenvalue weighted by Gasteiger charge is -2.04. The van der Waals surface area contributed by atoms with Gasteiger partial charge < -0.3 is 10.4 Å². The van der Waals surface area contributed by atoms with E-state index < -0.39 is 12.0 Å². The highest BCUT2D eigenvalue weighted by Crippen LogP contribution is 2.20. The van der Waals surface area contributed by atoms with E-state index in [9.17, 15) is 9.59 Å². The Morgan fingerprint density at radius 2 is 1.95 bits per heavy atom. The molecule has 0 saturated carbocycles. The van der Waals surface area contributed by atoms with Crippen molar-refractivity contribution in [3.05, 3.63) is 46.4 Å². The summed E-state index contributed by atoms with van der Waals surface area (Å²) in [5.41, 5.74) is 0.597. The molecule has 0 aliphatic carbocycles. The molecule has 6 nitrogen and oxygen atoms in total. The summed E-state index contributed by atoms with van der Waals surface area (Å²) < 4.78 is 0. The fourth-order valence-electron chi connectivity index (χ4n) is 1.37. The number of rotatable bonds is 4. The molecule has 0 aliphatic heterocycles. The number of hydrogen-bond acceptors (Lipinski definition) is 4. The van der Waals surface area contributed by atoms with Gasteiger partial charge in [-0.1, -0.05) is 22.9 Å². The first-order chi connectivity index (χ1) is 10.0. The van der Waals surface area contributed by atoms with E-state index in [-0.39, 0.29) is 0 Å². The van der Waals surface area contributed by atoms with E-state index in [4.69, 9.17) is 16.7 Å². The van der Waals surface area contributed by atoms with E-state index in [0.717, 1.165) is 17.4 Å². The Labute approximate surface area is 129 Å². The molecule has 0 saturated heterocycles. The first-order valence-corrected chi connectivity index (χ1v) is 6.93. The van der Waals surface area contributed by atoms with E-state index in [1.165, 1.54) is 12.3 Å². The summed E-state index contributed by atoms with van der Waals surface area (Å²) in [5, 5.41) is 14.6. The number of carboxylic acids is 1. The molecule has 21 heavy (non-hydrogen) atoms. The standard InChI is InChI=1S/C13H10ClN3O3S/c14-8-1-3-9(4-2-8)16-12(20)17-13-15-7-10(21-13)5-6-11(18)19/h1-7H,(H,18,19)(H2,15,16,17,20). The summed E-state index contributed by atoms with van der Waals surface area (Å²) in [6.45, 7) is 0. The topological polar surface area (TPSA) is 91.3 Å². The van der Waals surface area contributed by atoms with Crippen molar-refractivity contribution in [1.29, 1.82) is 0 Å². The molecular weight excluding hydrogens is 314 g/mol. The largest absolute Gasteiger partial charge is 0.478 e. The first-order valence-electron chi connectivity index (χ1n) is 5.73. The summed E-state index contributed by atoms with van der Waals surface area (Å²) in [5.74, 6) is -1.04. The number of aromatic nitrogens is 1. The van der Waals surface area contributed by atoms with Crippen LogP contribution >= 0.6 is 22.9 Å². The number of carboxylic acid groups (broad SMARTS) is 1. The molecule has 0 unspecified atom stereocenters. The second kappa shape index (κ2) is 6.87. The number of aliphatic carboxylic acids is 1. The third-order valence-electron chi connectivity index (χ3n) is 2.24. The highest BCUT2D eigenvalue weighted by molar-refractivity contribution is 7.16. The number of hydrogen-bond donors (Lipinski definition) is 3. The summed E-state index contributed by atoms with van der Waals surface area (Å²) in [4.78, 5) is 26.7. The summed E-state index contributed by atoms with van der Waals surface area (Å²) in [7, 11) is 0. The van der Waals surface area contributed by atoms with Crippen LogP contribution in [0.1, 0.15) is 4.88 Å². The predicted octanol–water partition coefficient (Wildman–Crippen LogP) is 3.54. The zero-order chi connectivity index (χ0) is 15.2. The van der Waals surface area contributed by atoms with Crippen molar-refractivity contribution < 1.29 is 14.7 Å². The molecular formula is C13H10ClN3O3S. The minimum atomic E-state index is -1.04. The maximum Gasteiger partial charge on any atom is 0.328 e. The number of carbonyl (C=O) groups is 2. The van der Waals surface area contributed by atoms with Gasteiger partial charge in [0.2, 0.25) is 0 Å². The Kier molecular flexibility index (Phi) is 4.91. The van der Waals surface area contributed by atoms with Gasteiger partial charge in [0.1, 0.15) is 0 Å². The van der Waals surface area contributed by atoms with E-state index in [2.05, 4.69) is 15.6 Å². The molecule has 2 aromatic rings. The summed E-state index contributed by atoms with van der Waals surface area (Å²) in [6.07, 6.45) is 3.88. The van der Waals surface area contributed by atoms with Crippen LogP contribution in [0.15, 0.2) is 36.5 Å². The van der Waals surface area contributed by atoms with Crippen molar-refractivity contribution in [2.24, 2.45) is 0 Å². The lowest BCUT2D eigenvalue weighted by Crippen LogP contribution is -2.19. The van der Waals surface area contributed by atoms with Crippen LogP contribution in [-0.4, -0.2) is 22.1 Å². The van der Waals surface area contributed by atoms with Gasteiger partial charge in [0.25, 0.3) is 0 Å². The molecule has 0 spiro atoms. The number of urea groups is 1. The Morgan fingerprint density at radius 1 is 1.24 bits per heavy atom. The maximum absolute atomic E-state index is 11.7. The van der Waals surface area contributed by atoms with Crippen molar-refractivity contribution in [2.45, 2.75) is 0 Å². The van der Waals surface area contributed by atoms with Gasteiger partial charge in [0, 0.05) is 27.9 Å². The van der Waals surface area contributed by atoms with Gasteiger partial charge >= 0.3 is 12.0 Å². The zero-order valence-electron chi connectivity index (χ0n) is 10.5. The molecule has 3 N–H and O–H groups in total. The Balaban J connectivity index is 1.93. The number of thiazole rings is 1. The Hall–Kier alpha value is -2.38. The van der Waals surface area contributed by atoms with Gasteiger partial charge in [0.15, 0.2) is 5.13 Å². The fourth-order valence-corrected chi connectivity index (χ4v) is 2.21. The number of anilines is 2. The van der Waals surface area contributed by atoms with Crippen LogP contribution in [0.4, 0.5) is 15.6 Å². The van der Waals surface area contributed by atoms with Crippen LogP contribution in [0.25, 0.3) is 6.08 Å². The highest BCUT2D eigenvalue weighted by Gasteiger charge is 2.06. The SMILES string of the molecule is O=C(O)C=Cc1cnc(NC(=O)Nc2ccc(Cl)cc2)s1. The summed E-state index contributed by atoms with van der Waals surface area (Å²) in [6, 6.07) is 6.22. The van der Waals surface area contributed by atoms with Gasteiger partial charge in [-0.3, -0.25) is 5.32 Å². The minimum Gasteiger partial charge on any atom is -0.478 e. The quantitative estimate of drug-likeness (QED) is 0.750. The number of carbonyl (C=O) groups excluding carboxylic acids is 1. The highest BCUT2D eigenvalue weighted by atomic mass is 35.5. The maximum atomic E-state index is 11.7. The molecule has 1 aromatic carbocycles. The number of nitrogens with one attached hydrogen (secondary N) is 2. The lowest BCUT2D eigenvalue weighted by molar-refractivity contribution is -0.131. The molecule has 0 radical (unpaired) electrons. The summed E-state index contributed by atoms with van der Waals surface area (Å²) >= 11 is 6.91. The van der Waals surface area contributed by atoms with Gasteiger partial charge in [-0.25, -0.2) is 14.6 Å². The number of benzene rings is 1. The van der Waals surface area contributed by atoms with Crippen LogP contribution < -0.4 is 10.6 Å². The van der Waals surface area contributed by atoms with Crippen molar-refractivity contribution in [2.75, 3.05) is 10.6 Å². The van der Waals surface area contributed by atoms with Crippen LogP contribution in [0, 0.1) is 0 Å². The van der Waals surface area contributed by atoms with E-state index in [1.807, 2.05) is 0 Å². The van der Waals surface area contributed by atoms with E-state index in [1.54, 1.807) is 24.3 Å². The second-order valence-corrected chi connectivity index (χ2v) is 5.32. The molecule has 0 aliphatic rings. The molecule has 8 heteroatoms. The average molecular weight is 324 g/mol. The van der Waals surface area contributed by atoms with Crippen LogP contribution in [0.5, 0.6) is 0 Å². The average Bonchev–Trinajstić information content (AvgIpc) is 2.86. The molecule has 0 atom stereocenters. The van der Waals surface area contributed by atoms with E-state index >= 15 is 0 Å². The van der Waals surface area contributed by atoms with Crippen LogP contribution in [0.3, 0.4) is 0 Å². The van der Waals surface area contributed by atoms with Crippen molar-refractivity contribution in [1.82, 2.24) is 4.98 Å². The Bertz CT molecular complexity index is 682. The number of halogens is 1. The molecule has 0 fully saturated rings. The Morgan fingerprint density at radius 3 is 2.62 bits per heavy atom. The third kappa shape index (κ3) is 4.90. The molecule has 2 amide bonds. The monoisotopic (exact) mass is 323 g/mol. The smallest absolute Gasteiger partial charge is 0.328 e. The number of nitrogens with zero attached hydrogens (tertiary/aromatic N) is 1. The molecule has 108 valence electrons. The molecule has 1 heterocycles. The van der Waals surface area contributed by atoms with Gasteiger partial charge in [-0.05, 0) is 30.3 Å². The molecule has 1 aromatic heterocycles. The molecule has 0 bridgehead atoms. The fraction of sp³-hybridized carbons (Fsp3) is 0. The predicted molar refractivity (Wildman–Crippen MR) is 82.9 cm³/mol. The second-order valence-electron chi connectivity index (χ2n) is 3.83. The van der Waals surface area contributed by atoms with Gasteiger partial charge in [0.05, 0.1) is 0 Å². The van der Waals surface area contributed by atoms with Crippen LogP contribution in [0.2, 0.25) is 5.02 Å². The molecule has 2 rings (SSSR count). The van der Waals surface area contributed by atoms with Gasteiger partial charge in [-0.2, -0.15) is 0 Å². The van der Waals surface area contributed by atoms with E-state index in [0.29, 0.717) is 20.7 Å². The van der Waals surface area contributed by atoms with Crippen LogP contribution in [-0.2, 0) is 4.79 Å². The zero-order valence-corrected chi connectivity index (χ0v) is 12.1. The van der Waals surface area contributed by atoms with Gasteiger partial charge in [-0.15, -0.1) is 0 Å².